The third-order valence-electron chi connectivity index (χ3n) is 5.85. The van der Waals surface area contributed by atoms with Crippen LogP contribution in [0.4, 0.5) is 0 Å². The van der Waals surface area contributed by atoms with Crippen molar-refractivity contribution in [3.63, 3.8) is 0 Å². The lowest BCUT2D eigenvalue weighted by Crippen LogP contribution is -2.55. The summed E-state index contributed by atoms with van der Waals surface area (Å²) in [5.41, 5.74) is -0.539. The van der Waals surface area contributed by atoms with Crippen molar-refractivity contribution in [1.82, 2.24) is 0 Å². The summed E-state index contributed by atoms with van der Waals surface area (Å²) in [5, 5.41) is 0. The molecule has 0 N–H and O–H groups in total. The molecule has 4 nitrogen and oxygen atoms in total. The third kappa shape index (κ3) is 2.70. The molecule has 4 atom stereocenters. The Labute approximate surface area is 139 Å². The molecule has 0 aromatic carbocycles. The number of ether oxygens (including phenoxy) is 4. The van der Waals surface area contributed by atoms with Gasteiger partial charge in [0.15, 0.2) is 11.6 Å². The molecular formula is C19H30O4. The minimum absolute atomic E-state index is 0.0399. The van der Waals surface area contributed by atoms with Gasteiger partial charge in [0.25, 0.3) is 0 Å². The Kier molecular flexibility index (Phi) is 4.71. The van der Waals surface area contributed by atoms with Gasteiger partial charge >= 0.3 is 0 Å². The van der Waals surface area contributed by atoms with E-state index < -0.39 is 17.2 Å². The molecule has 0 bridgehead atoms. The van der Waals surface area contributed by atoms with Gasteiger partial charge in [-0.05, 0) is 25.7 Å². The first kappa shape index (κ1) is 17.2. The van der Waals surface area contributed by atoms with Crippen LogP contribution in [0.15, 0.2) is 25.3 Å². The predicted molar refractivity (Wildman–Crippen MR) is 89.0 cm³/mol. The SMILES string of the molecule is C=CC1CO[C@@]2(CCCCC2[C@]2(C=C)COC(CC)(CC)O2)O1. The molecule has 2 aliphatic heterocycles. The molecule has 1 saturated carbocycles. The van der Waals surface area contributed by atoms with Gasteiger partial charge in [0.2, 0.25) is 0 Å². The van der Waals surface area contributed by atoms with Crippen molar-refractivity contribution in [2.45, 2.75) is 75.7 Å². The summed E-state index contributed by atoms with van der Waals surface area (Å²) in [7, 11) is 0. The highest BCUT2D eigenvalue weighted by molar-refractivity contribution is 5.12. The van der Waals surface area contributed by atoms with Crippen LogP contribution >= 0.6 is 0 Å². The van der Waals surface area contributed by atoms with Crippen LogP contribution in [-0.4, -0.2) is 36.5 Å². The fourth-order valence-electron chi connectivity index (χ4n) is 4.37. The Bertz CT molecular complexity index is 458. The summed E-state index contributed by atoms with van der Waals surface area (Å²) in [6.07, 6.45) is 9.53. The van der Waals surface area contributed by atoms with Crippen LogP contribution in [0.3, 0.4) is 0 Å². The molecule has 3 fully saturated rings. The van der Waals surface area contributed by atoms with E-state index in [0.29, 0.717) is 13.2 Å². The highest BCUT2D eigenvalue weighted by Gasteiger charge is 2.61. The maximum atomic E-state index is 6.55. The molecule has 4 heteroatoms. The third-order valence-corrected chi connectivity index (χ3v) is 5.85. The van der Waals surface area contributed by atoms with E-state index in [-0.39, 0.29) is 12.0 Å². The average Bonchev–Trinajstić information content (AvgIpc) is 3.19. The molecular weight excluding hydrogens is 292 g/mol. The largest absolute Gasteiger partial charge is 0.347 e. The van der Waals surface area contributed by atoms with E-state index in [0.717, 1.165) is 38.5 Å². The van der Waals surface area contributed by atoms with E-state index in [1.807, 2.05) is 12.2 Å². The molecule has 130 valence electrons. The molecule has 2 saturated heterocycles. The second-order valence-corrected chi connectivity index (χ2v) is 6.98. The van der Waals surface area contributed by atoms with E-state index in [9.17, 15) is 0 Å². The van der Waals surface area contributed by atoms with Crippen molar-refractivity contribution >= 4 is 0 Å². The van der Waals surface area contributed by atoms with Crippen molar-refractivity contribution in [1.29, 1.82) is 0 Å². The van der Waals surface area contributed by atoms with Crippen molar-refractivity contribution in [3.8, 4) is 0 Å². The van der Waals surface area contributed by atoms with Crippen molar-refractivity contribution in [2.24, 2.45) is 5.92 Å². The molecule has 1 spiro atoms. The minimum Gasteiger partial charge on any atom is -0.347 e. The van der Waals surface area contributed by atoms with Crippen LogP contribution < -0.4 is 0 Å². The Hall–Kier alpha value is -0.680. The van der Waals surface area contributed by atoms with E-state index in [1.54, 1.807) is 0 Å². The van der Waals surface area contributed by atoms with Crippen LogP contribution in [0.1, 0.15) is 52.4 Å². The molecule has 2 unspecified atom stereocenters. The van der Waals surface area contributed by atoms with E-state index in [1.165, 1.54) is 0 Å². The average molecular weight is 322 g/mol. The van der Waals surface area contributed by atoms with Gasteiger partial charge < -0.3 is 18.9 Å². The van der Waals surface area contributed by atoms with Gasteiger partial charge in [-0.15, -0.1) is 13.2 Å². The van der Waals surface area contributed by atoms with Gasteiger partial charge in [-0.2, -0.15) is 0 Å². The van der Waals surface area contributed by atoms with Gasteiger partial charge in [0.05, 0.1) is 13.2 Å². The number of hydrogen-bond donors (Lipinski definition) is 0. The second-order valence-electron chi connectivity index (χ2n) is 6.98. The molecule has 0 radical (unpaired) electrons. The number of rotatable bonds is 5. The normalized spacial score (nSPS) is 42.9. The summed E-state index contributed by atoms with van der Waals surface area (Å²) >= 11 is 0. The first-order valence-electron chi connectivity index (χ1n) is 8.99. The summed E-state index contributed by atoms with van der Waals surface area (Å²) in [6, 6.07) is 0. The van der Waals surface area contributed by atoms with Gasteiger partial charge in [0, 0.05) is 12.3 Å². The van der Waals surface area contributed by atoms with Gasteiger partial charge in [-0.3, -0.25) is 0 Å². The fourth-order valence-corrected chi connectivity index (χ4v) is 4.37. The smallest absolute Gasteiger partial charge is 0.175 e. The quantitative estimate of drug-likeness (QED) is 0.718. The summed E-state index contributed by atoms with van der Waals surface area (Å²) in [4.78, 5) is 0. The minimum atomic E-state index is -0.591. The molecule has 0 aromatic heterocycles. The van der Waals surface area contributed by atoms with Crippen molar-refractivity contribution < 1.29 is 18.9 Å². The highest BCUT2D eigenvalue weighted by Crippen LogP contribution is 2.52. The number of hydrogen-bond acceptors (Lipinski definition) is 4. The summed E-state index contributed by atoms with van der Waals surface area (Å²) in [6.45, 7) is 13.2. The van der Waals surface area contributed by atoms with Crippen LogP contribution in [0.25, 0.3) is 0 Å². The first-order valence-corrected chi connectivity index (χ1v) is 8.99. The standard InChI is InChI=1S/C19H30O4/c1-5-15-13-20-19(22-15)12-10-9-11-16(19)17(6-2)14-21-18(7-3,8-4)23-17/h5-6,15-16H,1-2,7-14H2,3-4H3/t15?,16?,17-,19-/m0/s1. The van der Waals surface area contributed by atoms with Crippen LogP contribution in [0, 0.1) is 5.92 Å². The van der Waals surface area contributed by atoms with Crippen molar-refractivity contribution in [2.75, 3.05) is 13.2 Å². The Morgan fingerprint density at radius 1 is 1.13 bits per heavy atom. The summed E-state index contributed by atoms with van der Waals surface area (Å²) < 4.78 is 25.2. The molecule has 23 heavy (non-hydrogen) atoms. The van der Waals surface area contributed by atoms with E-state index >= 15 is 0 Å². The zero-order valence-corrected chi connectivity index (χ0v) is 14.5. The Morgan fingerprint density at radius 3 is 2.48 bits per heavy atom. The fraction of sp³-hybridized carbons (Fsp3) is 0.789. The zero-order chi connectivity index (χ0) is 16.6. The monoisotopic (exact) mass is 322 g/mol. The van der Waals surface area contributed by atoms with Crippen LogP contribution in [0.5, 0.6) is 0 Å². The lowest BCUT2D eigenvalue weighted by molar-refractivity contribution is -0.266. The lowest BCUT2D eigenvalue weighted by Gasteiger charge is -2.47. The Balaban J connectivity index is 1.90. The molecule has 2 heterocycles. The Morgan fingerprint density at radius 2 is 1.91 bits per heavy atom. The van der Waals surface area contributed by atoms with E-state index in [4.69, 9.17) is 18.9 Å². The topological polar surface area (TPSA) is 36.9 Å². The lowest BCUT2D eigenvalue weighted by atomic mass is 9.72. The second kappa shape index (κ2) is 6.32. The van der Waals surface area contributed by atoms with Gasteiger partial charge in [0.1, 0.15) is 11.7 Å². The molecule has 0 amide bonds. The maximum Gasteiger partial charge on any atom is 0.175 e. The van der Waals surface area contributed by atoms with Crippen molar-refractivity contribution in [3.05, 3.63) is 25.3 Å². The molecule has 3 aliphatic rings. The van der Waals surface area contributed by atoms with Crippen LogP contribution in [0.2, 0.25) is 0 Å². The molecule has 3 rings (SSSR count). The first-order chi connectivity index (χ1) is 11.1. The molecule has 0 aromatic rings. The highest BCUT2D eigenvalue weighted by atomic mass is 16.8. The van der Waals surface area contributed by atoms with E-state index in [2.05, 4.69) is 27.0 Å². The zero-order valence-electron chi connectivity index (χ0n) is 14.5. The predicted octanol–water partition coefficient (Wildman–Crippen LogP) is 3.96. The summed E-state index contributed by atoms with van der Waals surface area (Å²) in [5.74, 6) is -0.999. The van der Waals surface area contributed by atoms with Gasteiger partial charge in [-0.25, -0.2) is 0 Å². The molecule has 1 aliphatic carbocycles. The van der Waals surface area contributed by atoms with Gasteiger partial charge in [-0.1, -0.05) is 32.4 Å². The van der Waals surface area contributed by atoms with Crippen LogP contribution in [-0.2, 0) is 18.9 Å². The maximum absolute atomic E-state index is 6.55.